The third-order valence-electron chi connectivity index (χ3n) is 2.83. The van der Waals surface area contributed by atoms with E-state index in [2.05, 4.69) is 15.5 Å². The summed E-state index contributed by atoms with van der Waals surface area (Å²) in [7, 11) is 0. The first-order valence-corrected chi connectivity index (χ1v) is 5.57. The maximum Gasteiger partial charge on any atom is 0.185 e. The lowest BCUT2D eigenvalue weighted by Crippen LogP contribution is -2.09. The molecule has 0 radical (unpaired) electrons. The number of tetrazole rings is 1. The van der Waals surface area contributed by atoms with Crippen LogP contribution in [0, 0.1) is 11.6 Å². The van der Waals surface area contributed by atoms with E-state index in [0.29, 0.717) is 0 Å². The molecule has 0 aliphatic carbocycles. The Kier molecular flexibility index (Phi) is 3.22. The predicted molar refractivity (Wildman–Crippen MR) is 62.6 cm³/mol. The van der Waals surface area contributed by atoms with E-state index in [1.165, 1.54) is 10.7 Å². The normalized spacial score (nSPS) is 12.7. The van der Waals surface area contributed by atoms with Crippen LogP contribution in [-0.2, 0) is 0 Å². The lowest BCUT2D eigenvalue weighted by atomic mass is 10.1. The fourth-order valence-corrected chi connectivity index (χ4v) is 1.58. The number of benzene rings is 1. The maximum absolute atomic E-state index is 13.7. The van der Waals surface area contributed by atoms with Crippen molar-refractivity contribution in [3.8, 4) is 11.4 Å². The van der Waals surface area contributed by atoms with Crippen LogP contribution in [0.5, 0.6) is 0 Å². The van der Waals surface area contributed by atoms with Crippen LogP contribution in [0.1, 0.15) is 26.3 Å². The molecule has 0 spiro atoms. The number of nitrogens with zero attached hydrogens (tertiary/aromatic N) is 4. The van der Waals surface area contributed by atoms with Gasteiger partial charge in [-0.25, -0.2) is 13.5 Å². The van der Waals surface area contributed by atoms with E-state index >= 15 is 0 Å². The molecule has 0 saturated carbocycles. The van der Waals surface area contributed by atoms with E-state index in [0.717, 1.165) is 12.5 Å². The van der Waals surface area contributed by atoms with E-state index in [-0.39, 0.29) is 23.1 Å². The number of nitrogen functional groups attached to an aromatic ring is 1. The Labute approximate surface area is 103 Å². The largest absolute Gasteiger partial charge is 0.396 e. The quantitative estimate of drug-likeness (QED) is 0.851. The van der Waals surface area contributed by atoms with Gasteiger partial charge in [0.1, 0.15) is 11.6 Å². The molecule has 0 fully saturated rings. The summed E-state index contributed by atoms with van der Waals surface area (Å²) in [4.78, 5) is 0. The molecule has 0 aliphatic heterocycles. The van der Waals surface area contributed by atoms with Crippen molar-refractivity contribution < 1.29 is 8.78 Å². The van der Waals surface area contributed by atoms with Crippen molar-refractivity contribution in [1.29, 1.82) is 0 Å². The standard InChI is InChI=1S/C11H13F2N5/c1-3-6(2)18-11(15-16-17-18)7-4-10(14)9(13)5-8(7)12/h4-6H,3,14H2,1-2H3. The van der Waals surface area contributed by atoms with E-state index in [9.17, 15) is 8.78 Å². The van der Waals surface area contributed by atoms with Gasteiger partial charge in [0.25, 0.3) is 0 Å². The SMILES string of the molecule is CCC(C)n1nnnc1-c1cc(N)c(F)cc1F. The zero-order chi connectivity index (χ0) is 13.3. The highest BCUT2D eigenvalue weighted by Crippen LogP contribution is 2.26. The van der Waals surface area contributed by atoms with E-state index in [4.69, 9.17) is 5.73 Å². The third-order valence-corrected chi connectivity index (χ3v) is 2.83. The van der Waals surface area contributed by atoms with Crippen LogP contribution in [0.2, 0.25) is 0 Å². The van der Waals surface area contributed by atoms with E-state index < -0.39 is 11.6 Å². The molecule has 1 atom stereocenters. The highest BCUT2D eigenvalue weighted by atomic mass is 19.1. The minimum atomic E-state index is -0.793. The molecule has 1 aromatic heterocycles. The number of halogens is 2. The molecular formula is C11H13F2N5. The molecule has 5 nitrogen and oxygen atoms in total. The Morgan fingerprint density at radius 2 is 2.06 bits per heavy atom. The van der Waals surface area contributed by atoms with Crippen LogP contribution >= 0.6 is 0 Å². The Balaban J connectivity index is 2.56. The van der Waals surface area contributed by atoms with Gasteiger partial charge in [-0.1, -0.05) is 6.92 Å². The molecule has 18 heavy (non-hydrogen) atoms. The Morgan fingerprint density at radius 3 is 2.72 bits per heavy atom. The van der Waals surface area contributed by atoms with Gasteiger partial charge in [-0.15, -0.1) is 5.10 Å². The summed E-state index contributed by atoms with van der Waals surface area (Å²) in [6, 6.07) is 1.95. The second-order valence-corrected chi connectivity index (χ2v) is 4.06. The second-order valence-electron chi connectivity index (χ2n) is 4.06. The zero-order valence-electron chi connectivity index (χ0n) is 10.1. The molecule has 1 heterocycles. The van der Waals surface area contributed by atoms with Crippen molar-refractivity contribution in [2.75, 3.05) is 5.73 Å². The van der Waals surface area contributed by atoms with Gasteiger partial charge in [-0.05, 0) is 29.8 Å². The van der Waals surface area contributed by atoms with Crippen molar-refractivity contribution >= 4 is 5.69 Å². The van der Waals surface area contributed by atoms with Gasteiger partial charge in [-0.3, -0.25) is 0 Å². The van der Waals surface area contributed by atoms with Gasteiger partial charge < -0.3 is 5.73 Å². The molecular weight excluding hydrogens is 240 g/mol. The van der Waals surface area contributed by atoms with Gasteiger partial charge in [0, 0.05) is 6.07 Å². The van der Waals surface area contributed by atoms with Crippen molar-refractivity contribution in [3.05, 3.63) is 23.8 Å². The monoisotopic (exact) mass is 253 g/mol. The summed E-state index contributed by atoms with van der Waals surface area (Å²) in [6.45, 7) is 3.87. The highest BCUT2D eigenvalue weighted by molar-refractivity contribution is 5.62. The Morgan fingerprint density at radius 1 is 1.33 bits per heavy atom. The molecule has 2 rings (SSSR count). The summed E-state index contributed by atoms with van der Waals surface area (Å²) in [6.07, 6.45) is 0.788. The summed E-state index contributed by atoms with van der Waals surface area (Å²) < 4.78 is 28.3. The molecule has 0 aliphatic rings. The molecule has 96 valence electrons. The van der Waals surface area contributed by atoms with Crippen LogP contribution in [-0.4, -0.2) is 20.2 Å². The lowest BCUT2D eigenvalue weighted by molar-refractivity contribution is 0.467. The van der Waals surface area contributed by atoms with E-state index in [1.54, 1.807) is 0 Å². The smallest absolute Gasteiger partial charge is 0.185 e. The first-order chi connectivity index (χ1) is 8.54. The fraction of sp³-hybridized carbons (Fsp3) is 0.364. The van der Waals surface area contributed by atoms with Crippen LogP contribution in [0.15, 0.2) is 12.1 Å². The summed E-state index contributed by atoms with van der Waals surface area (Å²) >= 11 is 0. The minimum Gasteiger partial charge on any atom is -0.396 e. The van der Waals surface area contributed by atoms with Crippen molar-refractivity contribution in [1.82, 2.24) is 20.2 Å². The van der Waals surface area contributed by atoms with Gasteiger partial charge in [0.15, 0.2) is 5.82 Å². The predicted octanol–water partition coefficient (Wildman–Crippen LogP) is 2.17. The Bertz CT molecular complexity index is 567. The second kappa shape index (κ2) is 4.67. The number of nitrogens with two attached hydrogens (primary N) is 1. The molecule has 0 amide bonds. The average Bonchev–Trinajstić information content (AvgIpc) is 2.81. The molecule has 1 unspecified atom stereocenters. The third kappa shape index (κ3) is 2.03. The number of hydrogen-bond acceptors (Lipinski definition) is 4. The molecule has 0 bridgehead atoms. The molecule has 7 heteroatoms. The zero-order valence-corrected chi connectivity index (χ0v) is 10.1. The molecule has 1 aromatic carbocycles. The molecule has 2 aromatic rings. The first-order valence-electron chi connectivity index (χ1n) is 5.57. The summed E-state index contributed by atoms with van der Waals surface area (Å²) in [5.41, 5.74) is 5.40. The van der Waals surface area contributed by atoms with Crippen LogP contribution in [0.3, 0.4) is 0 Å². The van der Waals surface area contributed by atoms with Gasteiger partial charge in [-0.2, -0.15) is 0 Å². The number of hydrogen-bond donors (Lipinski definition) is 1. The van der Waals surface area contributed by atoms with Gasteiger partial charge in [0.2, 0.25) is 0 Å². The van der Waals surface area contributed by atoms with Crippen LogP contribution in [0.4, 0.5) is 14.5 Å². The molecule has 2 N–H and O–H groups in total. The van der Waals surface area contributed by atoms with Gasteiger partial charge in [0.05, 0.1) is 17.3 Å². The first kappa shape index (κ1) is 12.4. The summed E-state index contributed by atoms with van der Waals surface area (Å²) in [5.74, 6) is -1.28. The van der Waals surface area contributed by atoms with Crippen LogP contribution < -0.4 is 5.73 Å². The minimum absolute atomic E-state index is 0.0145. The molecule has 0 saturated heterocycles. The van der Waals surface area contributed by atoms with Crippen molar-refractivity contribution in [2.45, 2.75) is 26.3 Å². The van der Waals surface area contributed by atoms with Gasteiger partial charge >= 0.3 is 0 Å². The lowest BCUT2D eigenvalue weighted by Gasteiger charge is -2.11. The van der Waals surface area contributed by atoms with E-state index in [1.807, 2.05) is 13.8 Å². The highest BCUT2D eigenvalue weighted by Gasteiger charge is 2.18. The number of rotatable bonds is 3. The maximum atomic E-state index is 13.7. The van der Waals surface area contributed by atoms with Crippen molar-refractivity contribution in [2.24, 2.45) is 0 Å². The number of anilines is 1. The topological polar surface area (TPSA) is 69.6 Å². The average molecular weight is 253 g/mol. The fourth-order valence-electron chi connectivity index (χ4n) is 1.58. The van der Waals surface area contributed by atoms with Crippen LogP contribution in [0.25, 0.3) is 11.4 Å². The number of aromatic nitrogens is 4. The Hall–Kier alpha value is -2.05. The summed E-state index contributed by atoms with van der Waals surface area (Å²) in [5, 5.41) is 11.1. The van der Waals surface area contributed by atoms with Crippen molar-refractivity contribution in [3.63, 3.8) is 0 Å².